The SMILES string of the molecule is Cn1c(CNc2cc(Cl)nc(N)n2)cc(Cl)c1Cl. The van der Waals surface area contributed by atoms with E-state index in [1.54, 1.807) is 16.7 Å². The van der Waals surface area contributed by atoms with Gasteiger partial charge in [-0.2, -0.15) is 4.98 Å². The molecular weight excluding hydrogens is 297 g/mol. The van der Waals surface area contributed by atoms with Gasteiger partial charge in [-0.1, -0.05) is 34.8 Å². The second-order valence-electron chi connectivity index (χ2n) is 3.62. The minimum atomic E-state index is 0.118. The molecule has 2 aromatic heterocycles. The third-order valence-electron chi connectivity index (χ3n) is 2.38. The molecule has 0 saturated heterocycles. The van der Waals surface area contributed by atoms with E-state index in [9.17, 15) is 0 Å². The maximum absolute atomic E-state index is 5.97. The van der Waals surface area contributed by atoms with Gasteiger partial charge in [0.25, 0.3) is 0 Å². The van der Waals surface area contributed by atoms with Crippen molar-refractivity contribution in [1.82, 2.24) is 14.5 Å². The predicted molar refractivity (Wildman–Crippen MR) is 74.2 cm³/mol. The Kier molecular flexibility index (Phi) is 3.85. The fourth-order valence-corrected chi connectivity index (χ4v) is 2.07. The molecule has 0 atom stereocenters. The van der Waals surface area contributed by atoms with Crippen molar-refractivity contribution in [3.05, 3.63) is 33.2 Å². The van der Waals surface area contributed by atoms with Gasteiger partial charge in [0.1, 0.15) is 16.1 Å². The van der Waals surface area contributed by atoms with Crippen molar-refractivity contribution >= 4 is 46.6 Å². The number of anilines is 2. The minimum Gasteiger partial charge on any atom is -0.368 e. The Morgan fingerprint density at radius 1 is 1.28 bits per heavy atom. The first-order chi connectivity index (χ1) is 8.47. The highest BCUT2D eigenvalue weighted by molar-refractivity contribution is 6.41. The lowest BCUT2D eigenvalue weighted by molar-refractivity contribution is 0.841. The van der Waals surface area contributed by atoms with Gasteiger partial charge >= 0.3 is 0 Å². The molecule has 0 aliphatic heterocycles. The van der Waals surface area contributed by atoms with Gasteiger partial charge < -0.3 is 15.6 Å². The fourth-order valence-electron chi connectivity index (χ4n) is 1.47. The number of hydrogen-bond acceptors (Lipinski definition) is 4. The van der Waals surface area contributed by atoms with Crippen molar-refractivity contribution in [3.8, 4) is 0 Å². The molecule has 0 radical (unpaired) electrons. The van der Waals surface area contributed by atoms with Crippen LogP contribution in [0.2, 0.25) is 15.3 Å². The van der Waals surface area contributed by atoms with Crippen LogP contribution in [0.15, 0.2) is 12.1 Å². The molecule has 0 saturated carbocycles. The Morgan fingerprint density at radius 2 is 2.00 bits per heavy atom. The monoisotopic (exact) mass is 305 g/mol. The van der Waals surface area contributed by atoms with Crippen LogP contribution in [0.4, 0.5) is 11.8 Å². The summed E-state index contributed by atoms with van der Waals surface area (Å²) in [6, 6.07) is 3.37. The topological polar surface area (TPSA) is 68.8 Å². The highest BCUT2D eigenvalue weighted by atomic mass is 35.5. The molecule has 0 spiro atoms. The molecule has 8 heteroatoms. The molecule has 0 aliphatic rings. The average molecular weight is 307 g/mol. The van der Waals surface area contributed by atoms with Crippen LogP contribution in [0.1, 0.15) is 5.69 Å². The van der Waals surface area contributed by atoms with Crippen LogP contribution in [0, 0.1) is 0 Å². The summed E-state index contributed by atoms with van der Waals surface area (Å²) in [7, 11) is 1.83. The van der Waals surface area contributed by atoms with Gasteiger partial charge in [-0.15, -0.1) is 0 Å². The van der Waals surface area contributed by atoms with E-state index in [2.05, 4.69) is 15.3 Å². The summed E-state index contributed by atoms with van der Waals surface area (Å²) in [4.78, 5) is 7.77. The van der Waals surface area contributed by atoms with Crippen LogP contribution >= 0.6 is 34.8 Å². The summed E-state index contributed by atoms with van der Waals surface area (Å²) in [6.45, 7) is 0.496. The van der Waals surface area contributed by atoms with Crippen LogP contribution in [0.25, 0.3) is 0 Å². The first-order valence-electron chi connectivity index (χ1n) is 5.01. The van der Waals surface area contributed by atoms with Crippen molar-refractivity contribution < 1.29 is 0 Å². The highest BCUT2D eigenvalue weighted by Crippen LogP contribution is 2.25. The maximum atomic E-state index is 5.97. The van der Waals surface area contributed by atoms with E-state index < -0.39 is 0 Å². The lowest BCUT2D eigenvalue weighted by Crippen LogP contribution is -2.07. The van der Waals surface area contributed by atoms with Crippen LogP contribution in [-0.2, 0) is 13.6 Å². The van der Waals surface area contributed by atoms with E-state index in [1.807, 2.05) is 7.05 Å². The number of nitrogens with zero attached hydrogens (tertiary/aromatic N) is 3. The molecule has 0 fully saturated rings. The number of aromatic nitrogens is 3. The molecule has 2 rings (SSSR count). The van der Waals surface area contributed by atoms with E-state index in [0.717, 1.165) is 5.69 Å². The van der Waals surface area contributed by atoms with Gasteiger partial charge in [0.05, 0.1) is 11.6 Å². The van der Waals surface area contributed by atoms with Crippen LogP contribution < -0.4 is 11.1 Å². The molecule has 3 N–H and O–H groups in total. The Labute approximate surface area is 119 Å². The van der Waals surface area contributed by atoms with Gasteiger partial charge in [-0.25, -0.2) is 4.98 Å². The van der Waals surface area contributed by atoms with Gasteiger partial charge in [-0.05, 0) is 6.07 Å². The van der Waals surface area contributed by atoms with Gasteiger partial charge in [0, 0.05) is 18.8 Å². The van der Waals surface area contributed by atoms with Gasteiger partial charge in [-0.3, -0.25) is 0 Å². The summed E-state index contributed by atoms with van der Waals surface area (Å²) in [5.74, 6) is 0.661. The maximum Gasteiger partial charge on any atom is 0.223 e. The molecule has 18 heavy (non-hydrogen) atoms. The number of nitrogens with one attached hydrogen (secondary N) is 1. The summed E-state index contributed by atoms with van der Waals surface area (Å²) < 4.78 is 1.78. The Hall–Kier alpha value is -1.17. The standard InChI is InChI=1S/C10H10Cl3N5/c1-18-5(2-6(11)9(18)13)4-15-8-3-7(12)16-10(14)17-8/h2-3H,4H2,1H3,(H3,14,15,16,17). The smallest absolute Gasteiger partial charge is 0.223 e. The molecule has 5 nitrogen and oxygen atoms in total. The minimum absolute atomic E-state index is 0.118. The average Bonchev–Trinajstić information content (AvgIpc) is 2.53. The predicted octanol–water partition coefficient (Wildman–Crippen LogP) is 2.97. The summed E-state index contributed by atoms with van der Waals surface area (Å²) >= 11 is 17.7. The molecule has 2 heterocycles. The number of rotatable bonds is 3. The Morgan fingerprint density at radius 3 is 2.56 bits per heavy atom. The first kappa shape index (κ1) is 13.3. The zero-order valence-corrected chi connectivity index (χ0v) is 11.7. The zero-order valence-electron chi connectivity index (χ0n) is 9.41. The van der Waals surface area contributed by atoms with Gasteiger partial charge in [0.15, 0.2) is 0 Å². The number of hydrogen-bond donors (Lipinski definition) is 2. The highest BCUT2D eigenvalue weighted by Gasteiger charge is 2.09. The quantitative estimate of drug-likeness (QED) is 0.855. The van der Waals surface area contributed by atoms with Gasteiger partial charge in [0.2, 0.25) is 5.95 Å². The number of nitrogens with two attached hydrogens (primary N) is 1. The van der Waals surface area contributed by atoms with Crippen LogP contribution in [0.5, 0.6) is 0 Å². The van der Waals surface area contributed by atoms with Crippen LogP contribution in [-0.4, -0.2) is 14.5 Å². The van der Waals surface area contributed by atoms with E-state index in [1.165, 1.54) is 0 Å². The van der Waals surface area contributed by atoms with Crippen LogP contribution in [0.3, 0.4) is 0 Å². The molecule has 96 valence electrons. The Balaban J connectivity index is 2.13. The van der Waals surface area contributed by atoms with E-state index in [0.29, 0.717) is 22.5 Å². The summed E-state index contributed by atoms with van der Waals surface area (Å²) in [6.07, 6.45) is 0. The van der Waals surface area contributed by atoms with Crippen molar-refractivity contribution in [2.45, 2.75) is 6.54 Å². The molecule has 0 aliphatic carbocycles. The fraction of sp³-hybridized carbons (Fsp3) is 0.200. The summed E-state index contributed by atoms with van der Waals surface area (Å²) in [5, 5.41) is 4.36. The number of nitrogen functional groups attached to an aromatic ring is 1. The molecular formula is C10H10Cl3N5. The second-order valence-corrected chi connectivity index (χ2v) is 4.77. The third kappa shape index (κ3) is 2.80. The van der Waals surface area contributed by atoms with Crippen molar-refractivity contribution in [2.75, 3.05) is 11.1 Å². The Bertz CT molecular complexity index is 561. The number of halogens is 3. The lowest BCUT2D eigenvalue weighted by Gasteiger charge is -2.07. The summed E-state index contributed by atoms with van der Waals surface area (Å²) in [5.41, 5.74) is 6.41. The zero-order chi connectivity index (χ0) is 13.3. The van der Waals surface area contributed by atoms with Crippen molar-refractivity contribution in [2.24, 2.45) is 7.05 Å². The normalized spacial score (nSPS) is 10.7. The van der Waals surface area contributed by atoms with E-state index in [4.69, 9.17) is 40.5 Å². The largest absolute Gasteiger partial charge is 0.368 e. The molecule has 0 unspecified atom stereocenters. The first-order valence-corrected chi connectivity index (χ1v) is 6.14. The second kappa shape index (κ2) is 5.22. The molecule has 0 aromatic carbocycles. The molecule has 0 bridgehead atoms. The lowest BCUT2D eigenvalue weighted by atomic mass is 10.4. The molecule has 2 aromatic rings. The molecule has 0 amide bonds. The van der Waals surface area contributed by atoms with E-state index in [-0.39, 0.29) is 11.1 Å². The third-order valence-corrected chi connectivity index (χ3v) is 3.41. The van der Waals surface area contributed by atoms with Crippen molar-refractivity contribution in [1.29, 1.82) is 0 Å². The van der Waals surface area contributed by atoms with Crippen molar-refractivity contribution in [3.63, 3.8) is 0 Å². The van der Waals surface area contributed by atoms with E-state index >= 15 is 0 Å².